The summed E-state index contributed by atoms with van der Waals surface area (Å²) in [4.78, 5) is 7.05. The van der Waals surface area contributed by atoms with Gasteiger partial charge in [-0.1, -0.05) is 6.42 Å². The summed E-state index contributed by atoms with van der Waals surface area (Å²) in [5, 5.41) is 3.15. The SMILES string of the molecule is CC(C)Oc1ccc(NC(N)=NCC(C)N2CCCCC2C)cc1. The van der Waals surface area contributed by atoms with Gasteiger partial charge in [0.15, 0.2) is 5.96 Å². The van der Waals surface area contributed by atoms with Gasteiger partial charge >= 0.3 is 0 Å². The van der Waals surface area contributed by atoms with E-state index in [0.29, 0.717) is 18.0 Å². The van der Waals surface area contributed by atoms with Gasteiger partial charge in [-0.05, 0) is 71.3 Å². The number of guanidine groups is 1. The number of nitrogens with zero attached hydrogens (tertiary/aromatic N) is 2. The Hall–Kier alpha value is -1.75. The molecule has 134 valence electrons. The number of nitrogens with one attached hydrogen (secondary N) is 1. The number of hydrogen-bond acceptors (Lipinski definition) is 3. The van der Waals surface area contributed by atoms with Crippen LogP contribution in [0, 0.1) is 0 Å². The number of likely N-dealkylation sites (tertiary alicyclic amines) is 1. The summed E-state index contributed by atoms with van der Waals surface area (Å²) in [6, 6.07) is 8.85. The van der Waals surface area contributed by atoms with Gasteiger partial charge in [-0.15, -0.1) is 0 Å². The molecular weight excluding hydrogens is 300 g/mol. The summed E-state index contributed by atoms with van der Waals surface area (Å²) in [5.41, 5.74) is 6.95. The molecular formula is C19H32N4O. The molecule has 0 bridgehead atoms. The number of benzene rings is 1. The zero-order valence-electron chi connectivity index (χ0n) is 15.5. The lowest BCUT2D eigenvalue weighted by Gasteiger charge is -2.37. The molecule has 2 atom stereocenters. The van der Waals surface area contributed by atoms with E-state index in [1.807, 2.05) is 38.1 Å². The molecule has 1 fully saturated rings. The van der Waals surface area contributed by atoms with E-state index in [-0.39, 0.29) is 6.10 Å². The molecule has 5 heteroatoms. The lowest BCUT2D eigenvalue weighted by atomic mass is 10.0. The van der Waals surface area contributed by atoms with Crippen LogP contribution in [0.3, 0.4) is 0 Å². The fraction of sp³-hybridized carbons (Fsp3) is 0.632. The number of anilines is 1. The third-order valence-corrected chi connectivity index (χ3v) is 4.44. The summed E-state index contributed by atoms with van der Waals surface area (Å²) < 4.78 is 5.64. The molecule has 2 rings (SSSR count). The zero-order valence-corrected chi connectivity index (χ0v) is 15.5. The number of ether oxygens (including phenoxy) is 1. The van der Waals surface area contributed by atoms with Gasteiger partial charge in [0.2, 0.25) is 0 Å². The number of piperidine rings is 1. The molecule has 1 aromatic rings. The first-order valence-electron chi connectivity index (χ1n) is 9.05. The standard InChI is InChI=1S/C19H32N4O/c1-14(2)24-18-10-8-17(9-11-18)22-19(20)21-13-16(4)23-12-6-5-7-15(23)3/h8-11,14-16H,5-7,12-13H2,1-4H3,(H3,20,21,22). The van der Waals surface area contributed by atoms with E-state index in [2.05, 4.69) is 29.1 Å². The molecule has 1 heterocycles. The van der Waals surface area contributed by atoms with E-state index in [9.17, 15) is 0 Å². The minimum absolute atomic E-state index is 0.175. The lowest BCUT2D eigenvalue weighted by molar-refractivity contribution is 0.118. The van der Waals surface area contributed by atoms with Crippen LogP contribution in [0.1, 0.15) is 47.0 Å². The Bertz CT molecular complexity index is 527. The molecule has 0 aromatic heterocycles. The summed E-state index contributed by atoms with van der Waals surface area (Å²) in [7, 11) is 0. The van der Waals surface area contributed by atoms with E-state index in [4.69, 9.17) is 10.5 Å². The van der Waals surface area contributed by atoms with Crippen LogP contribution in [-0.2, 0) is 0 Å². The van der Waals surface area contributed by atoms with Crippen LogP contribution in [-0.4, -0.2) is 42.1 Å². The van der Waals surface area contributed by atoms with E-state index in [1.54, 1.807) is 0 Å². The Morgan fingerprint density at radius 3 is 2.62 bits per heavy atom. The molecule has 24 heavy (non-hydrogen) atoms. The normalized spacial score (nSPS) is 20.9. The van der Waals surface area contributed by atoms with Crippen LogP contribution in [0.5, 0.6) is 5.75 Å². The van der Waals surface area contributed by atoms with Crippen LogP contribution >= 0.6 is 0 Å². The maximum absolute atomic E-state index is 6.03. The minimum Gasteiger partial charge on any atom is -0.491 e. The van der Waals surface area contributed by atoms with E-state index >= 15 is 0 Å². The maximum Gasteiger partial charge on any atom is 0.193 e. The van der Waals surface area contributed by atoms with Crippen LogP contribution in [0.4, 0.5) is 5.69 Å². The lowest BCUT2D eigenvalue weighted by Crippen LogP contribution is -2.45. The van der Waals surface area contributed by atoms with Gasteiger partial charge in [-0.2, -0.15) is 0 Å². The number of rotatable bonds is 6. The van der Waals surface area contributed by atoms with Crippen LogP contribution in [0.15, 0.2) is 29.3 Å². The summed E-state index contributed by atoms with van der Waals surface area (Å²) in [5.74, 6) is 1.32. The Kier molecular flexibility index (Phi) is 6.91. The first-order chi connectivity index (χ1) is 11.5. The predicted octanol–water partition coefficient (Wildman–Crippen LogP) is 3.46. The van der Waals surface area contributed by atoms with Crippen LogP contribution < -0.4 is 15.8 Å². The van der Waals surface area contributed by atoms with Crippen molar-refractivity contribution in [3.8, 4) is 5.75 Å². The fourth-order valence-electron chi connectivity index (χ4n) is 3.19. The smallest absolute Gasteiger partial charge is 0.193 e. The second kappa shape index (κ2) is 8.92. The van der Waals surface area contributed by atoms with Gasteiger partial charge in [0.1, 0.15) is 5.75 Å². The van der Waals surface area contributed by atoms with Gasteiger partial charge in [0, 0.05) is 17.8 Å². The number of nitrogens with two attached hydrogens (primary N) is 1. The highest BCUT2D eigenvalue weighted by atomic mass is 16.5. The van der Waals surface area contributed by atoms with Crippen LogP contribution in [0.25, 0.3) is 0 Å². The summed E-state index contributed by atoms with van der Waals surface area (Å²) >= 11 is 0. The average Bonchev–Trinajstić information content (AvgIpc) is 2.54. The van der Waals surface area contributed by atoms with Crippen molar-refractivity contribution in [2.24, 2.45) is 10.7 Å². The second-order valence-electron chi connectivity index (χ2n) is 6.97. The monoisotopic (exact) mass is 332 g/mol. The third kappa shape index (κ3) is 5.71. The van der Waals surface area contributed by atoms with Crippen molar-refractivity contribution in [1.82, 2.24) is 4.90 Å². The molecule has 1 aromatic carbocycles. The zero-order chi connectivity index (χ0) is 17.5. The van der Waals surface area contributed by atoms with E-state index < -0.39 is 0 Å². The van der Waals surface area contributed by atoms with Crippen LogP contribution in [0.2, 0.25) is 0 Å². The summed E-state index contributed by atoms with van der Waals surface area (Å²) in [6.07, 6.45) is 4.09. The van der Waals surface area contributed by atoms with Gasteiger partial charge < -0.3 is 15.8 Å². The molecule has 0 aliphatic carbocycles. The van der Waals surface area contributed by atoms with Crippen molar-refractivity contribution in [2.45, 2.75) is 65.1 Å². The molecule has 5 nitrogen and oxygen atoms in total. The molecule has 0 spiro atoms. The van der Waals surface area contributed by atoms with Crippen molar-refractivity contribution in [1.29, 1.82) is 0 Å². The molecule has 1 aliphatic rings. The predicted molar refractivity (Wildman–Crippen MR) is 102 cm³/mol. The van der Waals surface area contributed by atoms with Crippen molar-refractivity contribution in [3.05, 3.63) is 24.3 Å². The Morgan fingerprint density at radius 1 is 1.29 bits per heavy atom. The molecule has 2 unspecified atom stereocenters. The maximum atomic E-state index is 6.03. The van der Waals surface area contributed by atoms with Crippen molar-refractivity contribution in [3.63, 3.8) is 0 Å². The number of aliphatic imine (C=N–C) groups is 1. The largest absolute Gasteiger partial charge is 0.491 e. The number of hydrogen-bond donors (Lipinski definition) is 2. The first-order valence-corrected chi connectivity index (χ1v) is 9.05. The van der Waals surface area contributed by atoms with E-state index in [0.717, 1.165) is 18.0 Å². The van der Waals surface area contributed by atoms with Gasteiger partial charge in [-0.3, -0.25) is 9.89 Å². The average molecular weight is 332 g/mol. The molecule has 0 amide bonds. The molecule has 3 N–H and O–H groups in total. The Morgan fingerprint density at radius 2 is 2.00 bits per heavy atom. The van der Waals surface area contributed by atoms with E-state index in [1.165, 1.54) is 25.8 Å². The fourth-order valence-corrected chi connectivity index (χ4v) is 3.19. The third-order valence-electron chi connectivity index (χ3n) is 4.44. The highest BCUT2D eigenvalue weighted by molar-refractivity contribution is 5.92. The first kappa shape index (κ1) is 18.6. The van der Waals surface area contributed by atoms with Crippen molar-refractivity contribution < 1.29 is 4.74 Å². The van der Waals surface area contributed by atoms with Gasteiger partial charge in [0.05, 0.1) is 12.6 Å². The minimum atomic E-state index is 0.175. The quantitative estimate of drug-likeness (QED) is 0.618. The highest BCUT2D eigenvalue weighted by Crippen LogP contribution is 2.19. The highest BCUT2D eigenvalue weighted by Gasteiger charge is 2.22. The molecule has 1 aliphatic heterocycles. The van der Waals surface area contributed by atoms with Crippen molar-refractivity contribution in [2.75, 3.05) is 18.4 Å². The molecule has 0 saturated carbocycles. The molecule has 0 radical (unpaired) electrons. The summed E-state index contributed by atoms with van der Waals surface area (Å²) in [6.45, 7) is 10.5. The second-order valence-corrected chi connectivity index (χ2v) is 6.97. The Balaban J connectivity index is 1.84. The van der Waals surface area contributed by atoms with Crippen molar-refractivity contribution >= 4 is 11.6 Å². The van der Waals surface area contributed by atoms with Gasteiger partial charge in [0.25, 0.3) is 0 Å². The topological polar surface area (TPSA) is 62.9 Å². The Labute approximate surface area is 146 Å². The van der Waals surface area contributed by atoms with Gasteiger partial charge in [-0.25, -0.2) is 0 Å². The molecule has 1 saturated heterocycles.